The average molecular weight is 556 g/mol. The number of aromatic amines is 1. The zero-order chi connectivity index (χ0) is 27.4. The molecule has 0 bridgehead atoms. The number of rotatable bonds is 10. The highest BCUT2D eigenvalue weighted by molar-refractivity contribution is 7.71. The van der Waals surface area contributed by atoms with Gasteiger partial charge in [-0.2, -0.15) is 5.09 Å². The second kappa shape index (κ2) is 11.7. The van der Waals surface area contributed by atoms with Gasteiger partial charge in [-0.3, -0.25) is 23.7 Å². The molecule has 0 amide bonds. The summed E-state index contributed by atoms with van der Waals surface area (Å²) in [5.74, 6) is 1.40. The molecule has 3 N–H and O–H groups in total. The van der Waals surface area contributed by atoms with Crippen LogP contribution in [0.25, 0.3) is 0 Å². The van der Waals surface area contributed by atoms with Gasteiger partial charge in [-0.25, -0.2) is 8.96 Å². The molecule has 1 aliphatic rings. The zero-order valence-corrected chi connectivity index (χ0v) is 21.9. The van der Waals surface area contributed by atoms with Crippen molar-refractivity contribution in [3.05, 3.63) is 57.7 Å². The number of terminal acetylenes is 1. The van der Waals surface area contributed by atoms with Gasteiger partial charge in [0.05, 0.1) is 12.7 Å². The van der Waals surface area contributed by atoms with Gasteiger partial charge in [-0.1, -0.05) is 24.1 Å². The summed E-state index contributed by atoms with van der Waals surface area (Å²) in [6.07, 6.45) is 0.906. The van der Waals surface area contributed by atoms with E-state index in [4.69, 9.17) is 37.2 Å². The summed E-state index contributed by atoms with van der Waals surface area (Å²) in [6, 6.07) is 7.93. The van der Waals surface area contributed by atoms with Crippen molar-refractivity contribution >= 4 is 25.9 Å². The molecule has 2 unspecified atom stereocenters. The molecule has 0 aliphatic carbocycles. The molecule has 1 saturated heterocycles. The molecule has 37 heavy (non-hydrogen) atoms. The fraction of sp³-hybridized carbons (Fsp3) is 0.435. The lowest BCUT2D eigenvalue weighted by Gasteiger charge is -2.26. The number of ether oxygens (including phenoxy) is 2. The Labute approximate surface area is 217 Å². The number of halogens is 1. The number of carbonyl (C=O) groups excluding carboxylic acids is 1. The third kappa shape index (κ3) is 6.73. The fourth-order valence-corrected chi connectivity index (χ4v) is 5.19. The van der Waals surface area contributed by atoms with Crippen LogP contribution in [-0.2, 0) is 23.4 Å². The minimum atomic E-state index is -4.34. The van der Waals surface area contributed by atoms with Crippen molar-refractivity contribution in [1.82, 2.24) is 14.6 Å². The SMILES string of the molecule is C#CC1(O)[C@@H](F)[C@@H](COP(=O)(N[C@@H](C)C(=O)OC(C)C)Oc2ccccc2)O[C@H]1n1ccc(=O)[nH]c1=S. The van der Waals surface area contributed by atoms with Gasteiger partial charge in [0.2, 0.25) is 5.60 Å². The first-order valence-electron chi connectivity index (χ1n) is 11.2. The van der Waals surface area contributed by atoms with Gasteiger partial charge < -0.3 is 19.1 Å². The molecule has 14 heteroatoms. The van der Waals surface area contributed by atoms with Crippen LogP contribution >= 0.6 is 20.0 Å². The largest absolute Gasteiger partial charge is 0.462 e. The third-order valence-corrected chi connectivity index (χ3v) is 7.15. The van der Waals surface area contributed by atoms with Crippen molar-refractivity contribution in [2.24, 2.45) is 0 Å². The van der Waals surface area contributed by atoms with Crippen LogP contribution in [0.5, 0.6) is 5.75 Å². The van der Waals surface area contributed by atoms with Gasteiger partial charge in [-0.05, 0) is 45.1 Å². The predicted octanol–water partition coefficient (Wildman–Crippen LogP) is 2.64. The van der Waals surface area contributed by atoms with E-state index in [-0.39, 0.29) is 10.5 Å². The van der Waals surface area contributed by atoms with E-state index in [1.807, 2.05) is 5.92 Å². The number of carbonyl (C=O) groups is 1. The van der Waals surface area contributed by atoms with Crippen molar-refractivity contribution < 1.29 is 37.4 Å². The number of nitrogens with zero attached hydrogens (tertiary/aromatic N) is 1. The Morgan fingerprint density at radius 3 is 2.65 bits per heavy atom. The summed E-state index contributed by atoms with van der Waals surface area (Å²) < 4.78 is 51.6. The third-order valence-electron chi connectivity index (χ3n) is 5.20. The van der Waals surface area contributed by atoms with Crippen LogP contribution in [0.2, 0.25) is 0 Å². The normalized spacial score (nSPS) is 25.7. The summed E-state index contributed by atoms with van der Waals surface area (Å²) >= 11 is 5.08. The van der Waals surface area contributed by atoms with E-state index >= 15 is 4.39 Å². The van der Waals surface area contributed by atoms with Crippen LogP contribution in [0.1, 0.15) is 27.0 Å². The van der Waals surface area contributed by atoms with Crippen LogP contribution in [0.3, 0.4) is 0 Å². The van der Waals surface area contributed by atoms with E-state index in [0.29, 0.717) is 0 Å². The summed E-state index contributed by atoms with van der Waals surface area (Å²) in [4.78, 5) is 26.1. The second-order valence-electron chi connectivity index (χ2n) is 8.45. The topological polar surface area (TPSA) is 141 Å². The van der Waals surface area contributed by atoms with Crippen molar-refractivity contribution in [3.63, 3.8) is 0 Å². The quantitative estimate of drug-likeness (QED) is 0.173. The van der Waals surface area contributed by atoms with Gasteiger partial charge in [0, 0.05) is 12.3 Å². The van der Waals surface area contributed by atoms with Gasteiger partial charge in [-0.15, -0.1) is 6.42 Å². The molecule has 0 radical (unpaired) electrons. The molecule has 6 atom stereocenters. The summed E-state index contributed by atoms with van der Waals surface area (Å²) in [5.41, 5.74) is -3.02. The maximum Gasteiger partial charge on any atom is 0.459 e. The molecular weight excluding hydrogens is 528 g/mol. The summed E-state index contributed by atoms with van der Waals surface area (Å²) in [5, 5.41) is 13.4. The molecule has 3 rings (SSSR count). The Hall–Kier alpha value is -2.85. The summed E-state index contributed by atoms with van der Waals surface area (Å²) in [7, 11) is -4.34. The molecule has 0 spiro atoms. The number of H-pyrrole nitrogens is 1. The van der Waals surface area contributed by atoms with E-state index in [1.54, 1.807) is 32.0 Å². The number of alkyl halides is 1. The van der Waals surface area contributed by atoms with E-state index in [0.717, 1.165) is 10.6 Å². The Bertz CT molecular complexity index is 1310. The van der Waals surface area contributed by atoms with Crippen LogP contribution in [0.15, 0.2) is 47.4 Å². The van der Waals surface area contributed by atoms with Gasteiger partial charge in [0.15, 0.2) is 17.2 Å². The second-order valence-corrected chi connectivity index (χ2v) is 10.5. The predicted molar refractivity (Wildman–Crippen MR) is 133 cm³/mol. The molecule has 200 valence electrons. The Balaban J connectivity index is 1.84. The first-order chi connectivity index (χ1) is 17.4. The zero-order valence-electron chi connectivity index (χ0n) is 20.2. The molecule has 1 aromatic heterocycles. The number of hydrogen-bond donors (Lipinski definition) is 3. The highest BCUT2D eigenvalue weighted by Crippen LogP contribution is 2.47. The van der Waals surface area contributed by atoms with Crippen LogP contribution in [0, 0.1) is 17.1 Å². The van der Waals surface area contributed by atoms with E-state index in [2.05, 4.69) is 10.1 Å². The number of esters is 1. The molecule has 2 aromatic rings. The molecular formula is C23H27FN3O8PS. The standard InChI is InChI=1S/C23H27FN3O8PS/c1-5-23(30)19(24)17(34-21(23)27-12-11-18(28)25-22(27)37)13-32-36(31,35-16-9-7-6-8-10-16)26-15(4)20(29)33-14(2)3/h1,6-12,14-15,17,19,21,30H,13H2,2-4H3,(H,26,31)(H,25,28,37)/t15-,17+,19-,21+,23?,36?/m0/s1. The van der Waals surface area contributed by atoms with Crippen molar-refractivity contribution in [1.29, 1.82) is 0 Å². The fourth-order valence-electron chi connectivity index (χ4n) is 3.43. The Kier molecular flexibility index (Phi) is 9.07. The highest BCUT2D eigenvalue weighted by atomic mass is 32.1. The molecule has 2 heterocycles. The van der Waals surface area contributed by atoms with E-state index in [9.17, 15) is 19.3 Å². The molecule has 1 aliphatic heterocycles. The first-order valence-corrected chi connectivity index (χ1v) is 13.1. The minimum Gasteiger partial charge on any atom is -0.462 e. The Morgan fingerprint density at radius 1 is 1.38 bits per heavy atom. The maximum atomic E-state index is 15.4. The number of para-hydroxylation sites is 1. The van der Waals surface area contributed by atoms with E-state index in [1.165, 1.54) is 25.3 Å². The monoisotopic (exact) mass is 555 g/mol. The number of hydrogen-bond acceptors (Lipinski definition) is 9. The molecule has 11 nitrogen and oxygen atoms in total. The minimum absolute atomic E-state index is 0.143. The lowest BCUT2D eigenvalue weighted by atomic mass is 9.96. The number of aliphatic hydroxyl groups is 1. The van der Waals surface area contributed by atoms with Crippen molar-refractivity contribution in [2.45, 2.75) is 57.0 Å². The molecule has 1 aromatic carbocycles. The van der Waals surface area contributed by atoms with Crippen LogP contribution in [-0.4, -0.2) is 57.3 Å². The molecule has 1 fully saturated rings. The lowest BCUT2D eigenvalue weighted by Crippen LogP contribution is -2.44. The van der Waals surface area contributed by atoms with Crippen LogP contribution in [0.4, 0.5) is 4.39 Å². The number of nitrogens with one attached hydrogen (secondary N) is 2. The lowest BCUT2D eigenvalue weighted by molar-refractivity contribution is -0.149. The van der Waals surface area contributed by atoms with E-state index < -0.39 is 62.1 Å². The summed E-state index contributed by atoms with van der Waals surface area (Å²) in [6.45, 7) is 3.99. The molecule has 0 saturated carbocycles. The number of benzene rings is 1. The Morgan fingerprint density at radius 2 is 2.05 bits per heavy atom. The maximum absolute atomic E-state index is 15.4. The first kappa shape index (κ1) is 28.7. The smallest absolute Gasteiger partial charge is 0.459 e. The van der Waals surface area contributed by atoms with Gasteiger partial charge in [0.1, 0.15) is 17.9 Å². The highest BCUT2D eigenvalue weighted by Gasteiger charge is 2.57. The van der Waals surface area contributed by atoms with Gasteiger partial charge in [0.25, 0.3) is 5.56 Å². The van der Waals surface area contributed by atoms with Crippen molar-refractivity contribution in [3.8, 4) is 18.1 Å². The number of aromatic nitrogens is 2. The van der Waals surface area contributed by atoms with Crippen LogP contribution < -0.4 is 15.2 Å². The van der Waals surface area contributed by atoms with Crippen molar-refractivity contribution in [2.75, 3.05) is 6.61 Å². The van der Waals surface area contributed by atoms with Gasteiger partial charge >= 0.3 is 13.7 Å². The average Bonchev–Trinajstić information content (AvgIpc) is 3.08.